The summed E-state index contributed by atoms with van der Waals surface area (Å²) >= 11 is 7.78. The highest BCUT2D eigenvalue weighted by Crippen LogP contribution is 2.63. The molecule has 0 N–H and O–H groups in total. The Morgan fingerprint density at radius 1 is 0.383 bits per heavy atom. The van der Waals surface area contributed by atoms with Crippen molar-refractivity contribution in [1.82, 2.24) is 0 Å². The second kappa shape index (κ2) is 16.5. The van der Waals surface area contributed by atoms with Crippen LogP contribution in [0.3, 0.4) is 0 Å². The molecule has 1 spiro atoms. The van der Waals surface area contributed by atoms with Crippen molar-refractivity contribution in [3.8, 4) is 22.3 Å². The Labute approximate surface area is 302 Å². The fraction of sp³-hybridized carbons (Fsp3) is 0.467. The molecule has 0 atom stereocenters. The number of rotatable bonds is 18. The lowest BCUT2D eigenvalue weighted by molar-refractivity contribution is 0.575. The van der Waals surface area contributed by atoms with Gasteiger partial charge in [0.1, 0.15) is 0 Å². The number of halogens is 2. The lowest BCUT2D eigenvalue weighted by Gasteiger charge is -2.31. The maximum Gasteiger partial charge on any atom is 0.0726 e. The van der Waals surface area contributed by atoms with Crippen LogP contribution < -0.4 is 0 Å². The summed E-state index contributed by atoms with van der Waals surface area (Å²) in [7, 11) is 0. The fourth-order valence-electron chi connectivity index (χ4n) is 8.50. The quantitative estimate of drug-likeness (QED) is 0.0767. The van der Waals surface area contributed by atoms with Crippen LogP contribution in [0.15, 0.2) is 81.7 Å². The van der Waals surface area contributed by atoms with Crippen LogP contribution in [0.4, 0.5) is 0 Å². The zero-order valence-electron chi connectivity index (χ0n) is 28.9. The SMILES string of the molecule is CCCCCCCCCCc1ccc2c(c1)C1(c3cc(Br)ccc3-c3ccc(Br)cc31)c1cc(CCCCCCCCCC)ccc1-2. The predicted octanol–water partition coefficient (Wildman–Crippen LogP) is 14.9. The van der Waals surface area contributed by atoms with E-state index in [1.165, 1.54) is 158 Å². The van der Waals surface area contributed by atoms with Gasteiger partial charge in [-0.2, -0.15) is 0 Å². The van der Waals surface area contributed by atoms with Crippen LogP contribution in [-0.4, -0.2) is 0 Å². The molecular formula is C45H54Br2. The third-order valence-electron chi connectivity index (χ3n) is 11.0. The Bertz CT molecular complexity index is 1520. The molecule has 0 radical (unpaired) electrons. The fourth-order valence-corrected chi connectivity index (χ4v) is 9.23. The number of benzene rings is 4. The molecule has 0 nitrogen and oxygen atoms in total. The van der Waals surface area contributed by atoms with Crippen LogP contribution in [0.2, 0.25) is 0 Å². The molecule has 47 heavy (non-hydrogen) atoms. The van der Waals surface area contributed by atoms with Gasteiger partial charge in [0.15, 0.2) is 0 Å². The van der Waals surface area contributed by atoms with Gasteiger partial charge in [-0.3, -0.25) is 0 Å². The summed E-state index contributed by atoms with van der Waals surface area (Å²) in [6.07, 6.45) is 24.1. The average molecular weight is 755 g/mol. The van der Waals surface area contributed by atoms with Crippen molar-refractivity contribution < 1.29 is 0 Å². The van der Waals surface area contributed by atoms with Crippen LogP contribution in [0.25, 0.3) is 22.3 Å². The van der Waals surface area contributed by atoms with Gasteiger partial charge in [0.25, 0.3) is 0 Å². The molecule has 0 saturated carbocycles. The van der Waals surface area contributed by atoms with Gasteiger partial charge < -0.3 is 0 Å². The topological polar surface area (TPSA) is 0 Å². The minimum atomic E-state index is -0.298. The van der Waals surface area contributed by atoms with Crippen LogP contribution in [-0.2, 0) is 18.3 Å². The van der Waals surface area contributed by atoms with Crippen molar-refractivity contribution in [3.05, 3.63) is 115 Å². The smallest absolute Gasteiger partial charge is 0.0654 e. The van der Waals surface area contributed by atoms with Gasteiger partial charge in [-0.05, 0) is 106 Å². The van der Waals surface area contributed by atoms with E-state index in [1.807, 2.05) is 0 Å². The van der Waals surface area contributed by atoms with Crippen molar-refractivity contribution >= 4 is 31.9 Å². The lowest BCUT2D eigenvalue weighted by Crippen LogP contribution is -2.26. The van der Waals surface area contributed by atoms with Crippen LogP contribution in [0.5, 0.6) is 0 Å². The summed E-state index contributed by atoms with van der Waals surface area (Å²) < 4.78 is 2.31. The standard InChI is InChI=1S/C45H54Br2/c1-3-5-7-9-11-13-15-17-19-33-21-25-37-38-26-22-34(20-18-16-14-12-10-8-6-4-2)30-42(38)45(41(37)29-33)43-31-35(46)23-27-39(43)40-28-24-36(47)32-44(40)45/h21-32H,3-20H2,1-2H3. The maximum absolute atomic E-state index is 3.89. The zero-order chi connectivity index (χ0) is 32.6. The molecular weight excluding hydrogens is 700 g/mol. The molecule has 2 heteroatoms. The van der Waals surface area contributed by atoms with E-state index in [0.29, 0.717) is 0 Å². The van der Waals surface area contributed by atoms with E-state index >= 15 is 0 Å². The van der Waals surface area contributed by atoms with Gasteiger partial charge in [0, 0.05) is 8.95 Å². The second-order valence-electron chi connectivity index (χ2n) is 14.3. The minimum Gasteiger partial charge on any atom is -0.0654 e. The lowest BCUT2D eigenvalue weighted by atomic mass is 9.70. The number of hydrogen-bond acceptors (Lipinski definition) is 0. The Balaban J connectivity index is 1.32. The molecule has 0 amide bonds. The molecule has 0 saturated heterocycles. The molecule has 6 rings (SSSR count). The molecule has 0 fully saturated rings. The predicted molar refractivity (Wildman–Crippen MR) is 211 cm³/mol. The Kier molecular flexibility index (Phi) is 12.2. The average Bonchev–Trinajstić information content (AvgIpc) is 3.52. The van der Waals surface area contributed by atoms with Gasteiger partial charge in [0.2, 0.25) is 0 Å². The highest BCUT2D eigenvalue weighted by Gasteiger charge is 2.52. The van der Waals surface area contributed by atoms with Gasteiger partial charge in [-0.1, -0.05) is 184 Å². The first-order valence-electron chi connectivity index (χ1n) is 19.0. The molecule has 248 valence electrons. The van der Waals surface area contributed by atoms with Crippen molar-refractivity contribution in [2.75, 3.05) is 0 Å². The van der Waals surface area contributed by atoms with Crippen LogP contribution in [0.1, 0.15) is 150 Å². The minimum absolute atomic E-state index is 0.298. The monoisotopic (exact) mass is 752 g/mol. The van der Waals surface area contributed by atoms with Crippen LogP contribution >= 0.6 is 31.9 Å². The molecule has 0 aliphatic heterocycles. The largest absolute Gasteiger partial charge is 0.0726 e. The van der Waals surface area contributed by atoms with Gasteiger partial charge in [0.05, 0.1) is 5.41 Å². The third-order valence-corrected chi connectivity index (χ3v) is 12.0. The van der Waals surface area contributed by atoms with E-state index in [-0.39, 0.29) is 5.41 Å². The normalized spacial score (nSPS) is 13.5. The van der Waals surface area contributed by atoms with E-state index < -0.39 is 0 Å². The van der Waals surface area contributed by atoms with Crippen molar-refractivity contribution in [2.45, 2.75) is 135 Å². The highest BCUT2D eigenvalue weighted by molar-refractivity contribution is 9.10. The first-order chi connectivity index (χ1) is 23.1. The Morgan fingerprint density at radius 2 is 0.702 bits per heavy atom. The molecule has 0 unspecified atom stereocenters. The molecule has 0 heterocycles. The zero-order valence-corrected chi connectivity index (χ0v) is 32.1. The first-order valence-corrected chi connectivity index (χ1v) is 20.5. The van der Waals surface area contributed by atoms with Gasteiger partial charge in [-0.25, -0.2) is 0 Å². The highest BCUT2D eigenvalue weighted by atomic mass is 79.9. The van der Waals surface area contributed by atoms with E-state index in [9.17, 15) is 0 Å². The molecule has 4 aromatic rings. The van der Waals surface area contributed by atoms with Gasteiger partial charge in [-0.15, -0.1) is 0 Å². The molecule has 2 aliphatic carbocycles. The number of fused-ring (bicyclic) bond motifs is 10. The molecule has 4 aromatic carbocycles. The van der Waals surface area contributed by atoms with E-state index in [2.05, 4.69) is 119 Å². The molecule has 0 bridgehead atoms. The Hall–Kier alpha value is -2.16. The summed E-state index contributed by atoms with van der Waals surface area (Å²) in [6.45, 7) is 4.60. The summed E-state index contributed by atoms with van der Waals surface area (Å²) in [5.41, 5.74) is 14.1. The summed E-state index contributed by atoms with van der Waals surface area (Å²) in [5.74, 6) is 0. The van der Waals surface area contributed by atoms with Crippen molar-refractivity contribution in [1.29, 1.82) is 0 Å². The maximum atomic E-state index is 3.89. The third kappa shape index (κ3) is 7.40. The Morgan fingerprint density at radius 3 is 1.09 bits per heavy atom. The summed E-state index contributed by atoms with van der Waals surface area (Å²) in [6, 6.07) is 28.9. The van der Waals surface area contributed by atoms with E-state index in [0.717, 1.165) is 21.8 Å². The van der Waals surface area contributed by atoms with Crippen molar-refractivity contribution in [2.24, 2.45) is 0 Å². The van der Waals surface area contributed by atoms with Gasteiger partial charge >= 0.3 is 0 Å². The summed E-state index contributed by atoms with van der Waals surface area (Å²) in [4.78, 5) is 0. The number of unbranched alkanes of at least 4 members (excludes halogenated alkanes) is 14. The molecule has 2 aliphatic rings. The van der Waals surface area contributed by atoms with Crippen LogP contribution in [0, 0.1) is 0 Å². The molecule has 0 aromatic heterocycles. The van der Waals surface area contributed by atoms with E-state index in [4.69, 9.17) is 0 Å². The first kappa shape index (κ1) is 34.7. The number of hydrogen-bond donors (Lipinski definition) is 0. The van der Waals surface area contributed by atoms with E-state index in [1.54, 1.807) is 0 Å². The second-order valence-corrected chi connectivity index (χ2v) is 16.2. The number of aryl methyl sites for hydroxylation is 2. The van der Waals surface area contributed by atoms with Crippen molar-refractivity contribution in [3.63, 3.8) is 0 Å². The summed E-state index contributed by atoms with van der Waals surface area (Å²) in [5, 5.41) is 0.